The van der Waals surface area contributed by atoms with Gasteiger partial charge < -0.3 is 5.32 Å². The summed E-state index contributed by atoms with van der Waals surface area (Å²) in [6.07, 6.45) is 0. The van der Waals surface area contributed by atoms with Crippen molar-refractivity contribution in [2.45, 2.75) is 19.5 Å². The van der Waals surface area contributed by atoms with Gasteiger partial charge in [0.2, 0.25) is 0 Å². The maximum absolute atomic E-state index is 8.87. The second-order valence-electron chi connectivity index (χ2n) is 4.47. The molecule has 0 saturated carbocycles. The Kier molecular flexibility index (Phi) is 4.73. The highest BCUT2D eigenvalue weighted by atomic mass is 79.9. The van der Waals surface area contributed by atoms with Gasteiger partial charge in [0.1, 0.15) is 0 Å². The molecular formula is C16H15BrN2. The second-order valence-corrected chi connectivity index (χ2v) is 5.39. The molecule has 0 spiro atoms. The minimum atomic E-state index is 0.267. The monoisotopic (exact) mass is 314 g/mol. The molecule has 2 aromatic carbocycles. The van der Waals surface area contributed by atoms with Crippen LogP contribution in [0.5, 0.6) is 0 Å². The third-order valence-electron chi connectivity index (χ3n) is 3.02. The molecule has 0 radical (unpaired) electrons. The van der Waals surface area contributed by atoms with Crippen LogP contribution in [-0.4, -0.2) is 0 Å². The molecule has 2 rings (SSSR count). The average molecular weight is 315 g/mol. The van der Waals surface area contributed by atoms with E-state index in [4.69, 9.17) is 5.26 Å². The fourth-order valence-electron chi connectivity index (χ4n) is 1.92. The van der Waals surface area contributed by atoms with Crippen LogP contribution in [0.2, 0.25) is 0 Å². The third-order valence-corrected chi connectivity index (χ3v) is 3.51. The van der Waals surface area contributed by atoms with Gasteiger partial charge in [-0.3, -0.25) is 0 Å². The third kappa shape index (κ3) is 3.92. The molecular weight excluding hydrogens is 300 g/mol. The summed E-state index contributed by atoms with van der Waals surface area (Å²) in [4.78, 5) is 0. The van der Waals surface area contributed by atoms with E-state index >= 15 is 0 Å². The van der Waals surface area contributed by atoms with Crippen LogP contribution in [0.1, 0.15) is 29.7 Å². The Bertz CT molecular complexity index is 602. The molecule has 0 aliphatic heterocycles. The van der Waals surface area contributed by atoms with Crippen molar-refractivity contribution < 1.29 is 0 Å². The first kappa shape index (κ1) is 13.8. The lowest BCUT2D eigenvalue weighted by molar-refractivity contribution is 0.574. The van der Waals surface area contributed by atoms with Crippen molar-refractivity contribution >= 4 is 15.9 Å². The summed E-state index contributed by atoms with van der Waals surface area (Å²) in [5, 5.41) is 12.3. The van der Waals surface area contributed by atoms with E-state index in [1.165, 1.54) is 5.56 Å². The molecule has 1 atom stereocenters. The van der Waals surface area contributed by atoms with E-state index in [0.29, 0.717) is 5.56 Å². The minimum Gasteiger partial charge on any atom is -0.306 e. The Labute approximate surface area is 122 Å². The number of hydrogen-bond acceptors (Lipinski definition) is 2. The molecule has 0 amide bonds. The summed E-state index contributed by atoms with van der Waals surface area (Å²) in [6.45, 7) is 2.89. The predicted molar refractivity (Wildman–Crippen MR) is 80.6 cm³/mol. The van der Waals surface area contributed by atoms with Crippen molar-refractivity contribution in [1.29, 1.82) is 5.26 Å². The molecule has 0 aliphatic carbocycles. The zero-order chi connectivity index (χ0) is 13.7. The van der Waals surface area contributed by atoms with E-state index in [1.807, 2.05) is 36.4 Å². The zero-order valence-electron chi connectivity index (χ0n) is 10.7. The van der Waals surface area contributed by atoms with Gasteiger partial charge >= 0.3 is 0 Å². The first-order valence-corrected chi connectivity index (χ1v) is 6.96. The number of rotatable bonds is 4. The largest absolute Gasteiger partial charge is 0.306 e. The van der Waals surface area contributed by atoms with Crippen molar-refractivity contribution in [3.63, 3.8) is 0 Å². The topological polar surface area (TPSA) is 35.8 Å². The van der Waals surface area contributed by atoms with Crippen molar-refractivity contribution in [3.8, 4) is 6.07 Å². The van der Waals surface area contributed by atoms with Gasteiger partial charge in [-0.1, -0.05) is 40.2 Å². The van der Waals surface area contributed by atoms with Gasteiger partial charge in [0.25, 0.3) is 0 Å². The quantitative estimate of drug-likeness (QED) is 0.919. The van der Waals surface area contributed by atoms with Crippen LogP contribution >= 0.6 is 15.9 Å². The fourth-order valence-corrected chi connectivity index (χ4v) is 2.33. The number of nitrogens with zero attached hydrogens (tertiary/aromatic N) is 1. The first-order chi connectivity index (χ1) is 9.19. The Morgan fingerprint density at radius 3 is 2.74 bits per heavy atom. The van der Waals surface area contributed by atoms with Crippen LogP contribution in [-0.2, 0) is 6.54 Å². The number of hydrogen-bond donors (Lipinski definition) is 1. The lowest BCUT2D eigenvalue weighted by Crippen LogP contribution is -2.18. The highest BCUT2D eigenvalue weighted by molar-refractivity contribution is 9.10. The van der Waals surface area contributed by atoms with Crippen molar-refractivity contribution in [3.05, 3.63) is 69.7 Å². The Hall–Kier alpha value is -1.63. The van der Waals surface area contributed by atoms with E-state index in [2.05, 4.69) is 46.4 Å². The lowest BCUT2D eigenvalue weighted by atomic mass is 10.1. The Morgan fingerprint density at radius 1 is 1.21 bits per heavy atom. The molecule has 0 saturated heterocycles. The van der Waals surface area contributed by atoms with Crippen molar-refractivity contribution in [2.75, 3.05) is 0 Å². The molecule has 2 nitrogen and oxygen atoms in total. The van der Waals surface area contributed by atoms with Crippen LogP contribution in [0.3, 0.4) is 0 Å². The van der Waals surface area contributed by atoms with Gasteiger partial charge in [0, 0.05) is 17.1 Å². The lowest BCUT2D eigenvalue weighted by Gasteiger charge is -2.14. The maximum atomic E-state index is 8.87. The second kappa shape index (κ2) is 6.51. The van der Waals surface area contributed by atoms with Gasteiger partial charge in [-0.05, 0) is 42.3 Å². The maximum Gasteiger partial charge on any atom is 0.0991 e. The highest BCUT2D eigenvalue weighted by Gasteiger charge is 2.05. The van der Waals surface area contributed by atoms with Gasteiger partial charge in [-0.25, -0.2) is 0 Å². The summed E-state index contributed by atoms with van der Waals surface area (Å²) in [6, 6.07) is 18.4. The number of benzene rings is 2. The molecule has 0 bridgehead atoms. The summed E-state index contributed by atoms with van der Waals surface area (Å²) in [5.41, 5.74) is 3.07. The Balaban J connectivity index is 2.00. The summed E-state index contributed by atoms with van der Waals surface area (Å²) in [5.74, 6) is 0. The summed E-state index contributed by atoms with van der Waals surface area (Å²) < 4.78 is 1.09. The first-order valence-electron chi connectivity index (χ1n) is 6.17. The van der Waals surface area contributed by atoms with E-state index in [-0.39, 0.29) is 6.04 Å². The van der Waals surface area contributed by atoms with Crippen LogP contribution in [0.4, 0.5) is 0 Å². The van der Waals surface area contributed by atoms with Crippen LogP contribution in [0.15, 0.2) is 53.0 Å². The molecule has 3 heteroatoms. The van der Waals surface area contributed by atoms with E-state index in [0.717, 1.165) is 16.6 Å². The van der Waals surface area contributed by atoms with Crippen LogP contribution in [0, 0.1) is 11.3 Å². The van der Waals surface area contributed by atoms with Crippen molar-refractivity contribution in [2.24, 2.45) is 0 Å². The molecule has 0 fully saturated rings. The molecule has 0 unspecified atom stereocenters. The predicted octanol–water partition coefficient (Wildman–Crippen LogP) is 4.17. The smallest absolute Gasteiger partial charge is 0.0991 e. The number of halogens is 1. The molecule has 1 N–H and O–H groups in total. The average Bonchev–Trinajstić information content (AvgIpc) is 2.45. The number of nitriles is 1. The molecule has 2 aromatic rings. The summed E-state index contributed by atoms with van der Waals surface area (Å²) >= 11 is 3.48. The fraction of sp³-hybridized carbons (Fsp3) is 0.188. The standard InChI is InChI=1S/C16H15BrN2/c1-12(15-6-3-7-16(17)9-15)19-11-14-5-2-4-13(8-14)10-18/h2-9,12,19H,11H2,1H3/t12-/m1/s1. The minimum absolute atomic E-state index is 0.267. The highest BCUT2D eigenvalue weighted by Crippen LogP contribution is 2.18. The van der Waals surface area contributed by atoms with Crippen LogP contribution < -0.4 is 5.32 Å². The zero-order valence-corrected chi connectivity index (χ0v) is 12.3. The van der Waals surface area contributed by atoms with E-state index in [9.17, 15) is 0 Å². The van der Waals surface area contributed by atoms with Gasteiger partial charge in [-0.15, -0.1) is 0 Å². The van der Waals surface area contributed by atoms with Gasteiger partial charge in [0.05, 0.1) is 11.6 Å². The van der Waals surface area contributed by atoms with Crippen molar-refractivity contribution in [1.82, 2.24) is 5.32 Å². The normalized spacial score (nSPS) is 11.8. The molecule has 0 aromatic heterocycles. The SMILES string of the molecule is C[C@@H](NCc1cccc(C#N)c1)c1cccc(Br)c1. The number of nitrogens with one attached hydrogen (secondary N) is 1. The molecule has 96 valence electrons. The Morgan fingerprint density at radius 2 is 2.00 bits per heavy atom. The van der Waals surface area contributed by atoms with E-state index in [1.54, 1.807) is 0 Å². The van der Waals surface area contributed by atoms with Gasteiger partial charge in [-0.2, -0.15) is 5.26 Å². The molecule has 19 heavy (non-hydrogen) atoms. The van der Waals surface area contributed by atoms with Crippen LogP contribution in [0.25, 0.3) is 0 Å². The summed E-state index contributed by atoms with van der Waals surface area (Å²) in [7, 11) is 0. The van der Waals surface area contributed by atoms with E-state index < -0.39 is 0 Å². The molecule has 0 heterocycles. The van der Waals surface area contributed by atoms with Gasteiger partial charge in [0.15, 0.2) is 0 Å². The molecule has 0 aliphatic rings.